The molecule has 1 saturated carbocycles. The van der Waals surface area contributed by atoms with Gasteiger partial charge in [0.05, 0.1) is 4.34 Å². The Morgan fingerprint density at radius 3 is 2.53 bits per heavy atom. The Balaban J connectivity index is 0.00000108. The summed E-state index contributed by atoms with van der Waals surface area (Å²) in [5.74, 6) is 0.954. The Morgan fingerprint density at radius 2 is 2.00 bits per heavy atom. The lowest BCUT2D eigenvalue weighted by molar-refractivity contribution is 0.567. The van der Waals surface area contributed by atoms with Crippen LogP contribution >= 0.6 is 35.3 Å². The van der Waals surface area contributed by atoms with Crippen molar-refractivity contribution in [1.82, 2.24) is 10.0 Å². The van der Waals surface area contributed by atoms with E-state index in [9.17, 15) is 8.42 Å². The van der Waals surface area contributed by atoms with Crippen LogP contribution in [0.4, 0.5) is 0 Å². The molecule has 1 aromatic rings. The summed E-state index contributed by atoms with van der Waals surface area (Å²) in [6.45, 7) is 1.84. The number of sulfonamides is 1. The molecule has 2 heterocycles. The largest absolute Gasteiger partial charge is 0.316 e. The molecule has 0 radical (unpaired) electrons. The molecule has 3 rings (SSSR count). The second kappa shape index (κ2) is 4.68. The average molecular weight is 315 g/mol. The van der Waals surface area contributed by atoms with E-state index in [1.54, 1.807) is 12.1 Å². The highest BCUT2D eigenvalue weighted by Gasteiger charge is 2.54. The Morgan fingerprint density at radius 1 is 1.35 bits per heavy atom. The first kappa shape index (κ1) is 13.6. The summed E-state index contributed by atoms with van der Waals surface area (Å²) in [6, 6.07) is 3.27. The predicted octanol–water partition coefficient (Wildman–Crippen LogP) is 1.32. The Hall–Kier alpha value is 0.150. The monoisotopic (exact) mass is 314 g/mol. The van der Waals surface area contributed by atoms with Gasteiger partial charge in [-0.05, 0) is 37.1 Å². The van der Waals surface area contributed by atoms with E-state index in [2.05, 4.69) is 10.0 Å². The van der Waals surface area contributed by atoms with E-state index in [0.29, 0.717) is 20.4 Å². The van der Waals surface area contributed by atoms with Gasteiger partial charge in [-0.1, -0.05) is 11.6 Å². The van der Waals surface area contributed by atoms with E-state index in [-0.39, 0.29) is 18.4 Å². The van der Waals surface area contributed by atoms with Gasteiger partial charge in [-0.3, -0.25) is 0 Å². The molecule has 2 aliphatic rings. The first-order valence-corrected chi connectivity index (χ1v) is 7.74. The molecule has 0 aromatic carbocycles. The normalized spacial score (nSPS) is 30.8. The third-order valence-electron chi connectivity index (χ3n) is 3.20. The number of nitrogens with one attached hydrogen (secondary N) is 2. The molecule has 4 nitrogen and oxygen atoms in total. The zero-order valence-electron chi connectivity index (χ0n) is 8.72. The number of fused-ring (bicyclic) bond motifs is 1. The molecule has 17 heavy (non-hydrogen) atoms. The SMILES string of the molecule is Cl.O=S(=O)(NC1C2CNCC21)c1ccc(Cl)s1. The van der Waals surface area contributed by atoms with Gasteiger partial charge in [-0.25, -0.2) is 13.1 Å². The fraction of sp³-hybridized carbons (Fsp3) is 0.556. The third-order valence-corrected chi connectivity index (χ3v) is 6.38. The summed E-state index contributed by atoms with van der Waals surface area (Å²) in [5, 5.41) is 3.23. The van der Waals surface area contributed by atoms with Crippen LogP contribution in [0.5, 0.6) is 0 Å². The number of thiophene rings is 1. The smallest absolute Gasteiger partial charge is 0.250 e. The van der Waals surface area contributed by atoms with Crippen molar-refractivity contribution >= 4 is 45.4 Å². The molecular weight excluding hydrogens is 303 g/mol. The Labute approximate surface area is 115 Å². The molecule has 0 amide bonds. The molecule has 1 aromatic heterocycles. The lowest BCUT2D eigenvalue weighted by Crippen LogP contribution is -2.32. The lowest BCUT2D eigenvalue weighted by atomic mass is 10.4. The minimum Gasteiger partial charge on any atom is -0.316 e. The van der Waals surface area contributed by atoms with Crippen molar-refractivity contribution in [2.75, 3.05) is 13.1 Å². The first-order chi connectivity index (χ1) is 7.58. The molecule has 0 bridgehead atoms. The number of rotatable bonds is 3. The van der Waals surface area contributed by atoms with Crippen LogP contribution in [0.25, 0.3) is 0 Å². The molecule has 2 unspecified atom stereocenters. The summed E-state index contributed by atoms with van der Waals surface area (Å²) < 4.78 is 27.4. The third kappa shape index (κ3) is 2.47. The van der Waals surface area contributed by atoms with Gasteiger partial charge in [0.1, 0.15) is 4.21 Å². The fourth-order valence-corrected chi connectivity index (χ4v) is 5.11. The maximum atomic E-state index is 11.9. The van der Waals surface area contributed by atoms with E-state index in [4.69, 9.17) is 11.6 Å². The van der Waals surface area contributed by atoms with Gasteiger partial charge < -0.3 is 5.32 Å². The number of piperidine rings is 1. The van der Waals surface area contributed by atoms with Crippen LogP contribution in [0.2, 0.25) is 4.34 Å². The van der Waals surface area contributed by atoms with Crippen molar-refractivity contribution in [2.24, 2.45) is 11.8 Å². The summed E-state index contributed by atoms with van der Waals surface area (Å²) in [5.41, 5.74) is 0. The molecule has 2 atom stereocenters. The van der Waals surface area contributed by atoms with E-state index in [1.807, 2.05) is 0 Å². The van der Waals surface area contributed by atoms with Crippen molar-refractivity contribution in [1.29, 1.82) is 0 Å². The second-order valence-corrected chi connectivity index (χ2v) is 7.85. The molecule has 96 valence electrons. The lowest BCUT2D eigenvalue weighted by Gasteiger charge is -2.06. The van der Waals surface area contributed by atoms with Gasteiger partial charge in [0, 0.05) is 6.04 Å². The maximum absolute atomic E-state index is 11.9. The topological polar surface area (TPSA) is 58.2 Å². The van der Waals surface area contributed by atoms with Crippen molar-refractivity contribution in [2.45, 2.75) is 10.3 Å². The summed E-state index contributed by atoms with van der Waals surface area (Å²) in [4.78, 5) is 0. The van der Waals surface area contributed by atoms with Crippen LogP contribution in [0.15, 0.2) is 16.3 Å². The summed E-state index contributed by atoms with van der Waals surface area (Å²) in [7, 11) is -3.36. The number of hydrogen-bond acceptors (Lipinski definition) is 4. The standard InChI is InChI=1S/C9H11ClN2O2S2.ClH/c10-7-1-2-8(15-7)16(13,14)12-9-5-3-11-4-6(5)9;/h1-2,5-6,9,11-12H,3-4H2;1H. The van der Waals surface area contributed by atoms with E-state index >= 15 is 0 Å². The molecule has 8 heteroatoms. The maximum Gasteiger partial charge on any atom is 0.250 e. The zero-order valence-corrected chi connectivity index (χ0v) is 11.9. The highest BCUT2D eigenvalue weighted by Crippen LogP contribution is 2.42. The molecule has 0 spiro atoms. The number of halogens is 2. The van der Waals surface area contributed by atoms with Crippen molar-refractivity contribution in [3.8, 4) is 0 Å². The molecule has 1 aliphatic carbocycles. The van der Waals surface area contributed by atoms with E-state index < -0.39 is 10.0 Å². The van der Waals surface area contributed by atoms with Gasteiger partial charge in [0.2, 0.25) is 10.0 Å². The van der Waals surface area contributed by atoms with Gasteiger partial charge in [0.25, 0.3) is 0 Å². The van der Waals surface area contributed by atoms with Crippen LogP contribution in [-0.2, 0) is 10.0 Å². The minimum atomic E-state index is -3.36. The van der Waals surface area contributed by atoms with Crippen LogP contribution in [0.3, 0.4) is 0 Å². The highest BCUT2D eigenvalue weighted by molar-refractivity contribution is 7.91. The highest BCUT2D eigenvalue weighted by atomic mass is 35.5. The van der Waals surface area contributed by atoms with Gasteiger partial charge in [-0.2, -0.15) is 0 Å². The molecule has 2 N–H and O–H groups in total. The van der Waals surface area contributed by atoms with Crippen LogP contribution in [-0.4, -0.2) is 27.5 Å². The van der Waals surface area contributed by atoms with E-state index in [0.717, 1.165) is 24.4 Å². The second-order valence-electron chi connectivity index (χ2n) is 4.19. The first-order valence-electron chi connectivity index (χ1n) is 5.06. The summed E-state index contributed by atoms with van der Waals surface area (Å²) in [6.07, 6.45) is 0. The predicted molar refractivity (Wildman–Crippen MR) is 70.5 cm³/mol. The van der Waals surface area contributed by atoms with Gasteiger partial charge in [-0.15, -0.1) is 23.7 Å². The Kier molecular flexibility index (Phi) is 3.74. The van der Waals surface area contributed by atoms with Crippen LogP contribution in [0, 0.1) is 11.8 Å². The van der Waals surface area contributed by atoms with Crippen LogP contribution in [0.1, 0.15) is 0 Å². The molecule has 1 saturated heterocycles. The molecule has 2 fully saturated rings. The van der Waals surface area contributed by atoms with Gasteiger partial charge >= 0.3 is 0 Å². The average Bonchev–Trinajstić information content (AvgIpc) is 2.68. The number of hydrogen-bond donors (Lipinski definition) is 2. The van der Waals surface area contributed by atoms with Crippen molar-refractivity contribution < 1.29 is 8.42 Å². The van der Waals surface area contributed by atoms with Crippen LogP contribution < -0.4 is 10.0 Å². The van der Waals surface area contributed by atoms with Crippen molar-refractivity contribution in [3.63, 3.8) is 0 Å². The fourth-order valence-electron chi connectivity index (χ4n) is 2.27. The quantitative estimate of drug-likeness (QED) is 0.884. The molecule has 1 aliphatic heterocycles. The minimum absolute atomic E-state index is 0. The molecular formula is C9H12Cl2N2O2S2. The van der Waals surface area contributed by atoms with E-state index in [1.165, 1.54) is 0 Å². The van der Waals surface area contributed by atoms with Gasteiger partial charge in [0.15, 0.2) is 0 Å². The summed E-state index contributed by atoms with van der Waals surface area (Å²) >= 11 is 6.82. The Bertz CT molecular complexity index is 507. The van der Waals surface area contributed by atoms with Crippen molar-refractivity contribution in [3.05, 3.63) is 16.5 Å². The zero-order chi connectivity index (χ0) is 11.3.